The Morgan fingerprint density at radius 1 is 0.923 bits per heavy atom. The van der Waals surface area contributed by atoms with Crippen molar-refractivity contribution < 1.29 is 19.0 Å². The van der Waals surface area contributed by atoms with E-state index in [0.717, 1.165) is 38.5 Å². The predicted molar refractivity (Wildman–Crippen MR) is 166 cm³/mol. The van der Waals surface area contributed by atoms with Gasteiger partial charge < -0.3 is 14.2 Å². The molecule has 0 saturated carbocycles. The van der Waals surface area contributed by atoms with Crippen LogP contribution in [0.15, 0.2) is 79.4 Å². The number of methoxy groups -OCH3 is 3. The van der Waals surface area contributed by atoms with Crippen molar-refractivity contribution in [3.05, 3.63) is 84.9 Å². The average Bonchev–Trinajstić information content (AvgIpc) is 2.98. The van der Waals surface area contributed by atoms with Crippen molar-refractivity contribution in [1.82, 2.24) is 5.01 Å². The summed E-state index contributed by atoms with van der Waals surface area (Å²) in [7, 11) is 4.90. The van der Waals surface area contributed by atoms with Crippen molar-refractivity contribution >= 4 is 61.4 Å². The maximum Gasteiger partial charge on any atom is 0.242 e. The molecule has 0 radical (unpaired) electrons. The first-order valence-electron chi connectivity index (χ1n) is 12.4. The number of thioether (sulfide) groups is 1. The van der Waals surface area contributed by atoms with Crippen LogP contribution in [0.4, 0.5) is 5.69 Å². The number of allylic oxidation sites excluding steroid dienone is 1. The zero-order chi connectivity index (χ0) is 27.9. The van der Waals surface area contributed by atoms with Gasteiger partial charge in [0.15, 0.2) is 15.8 Å². The molecule has 0 unspecified atom stereocenters. The summed E-state index contributed by atoms with van der Waals surface area (Å²) in [5, 5.41) is 7.51. The van der Waals surface area contributed by atoms with Crippen LogP contribution in [0.2, 0.25) is 0 Å². The number of rotatable bonds is 9. The molecule has 39 heavy (non-hydrogen) atoms. The van der Waals surface area contributed by atoms with Gasteiger partial charge in [-0.05, 0) is 82.2 Å². The SMILES string of the molecule is C=CCCC(=O)N(Cc1cc2cc(OC)c(OC)cc2c2cc(OC)ccc12)N(C(=S)SC)c1ccccc1. The molecule has 4 rings (SSSR count). The molecule has 0 aromatic heterocycles. The van der Waals surface area contributed by atoms with E-state index in [-0.39, 0.29) is 5.91 Å². The number of carbonyl (C=O) groups is 1. The number of amides is 1. The lowest BCUT2D eigenvalue weighted by atomic mass is 9.96. The zero-order valence-electron chi connectivity index (χ0n) is 22.6. The van der Waals surface area contributed by atoms with E-state index in [9.17, 15) is 4.79 Å². The molecule has 0 atom stereocenters. The van der Waals surface area contributed by atoms with Crippen LogP contribution in [0.25, 0.3) is 21.5 Å². The van der Waals surface area contributed by atoms with Crippen molar-refractivity contribution in [2.45, 2.75) is 19.4 Å². The van der Waals surface area contributed by atoms with Crippen molar-refractivity contribution in [2.75, 3.05) is 32.6 Å². The van der Waals surface area contributed by atoms with Crippen LogP contribution in [0.1, 0.15) is 18.4 Å². The summed E-state index contributed by atoms with van der Waals surface area (Å²) < 4.78 is 17.3. The van der Waals surface area contributed by atoms with Crippen LogP contribution >= 0.6 is 24.0 Å². The fourth-order valence-electron chi connectivity index (χ4n) is 4.58. The molecule has 0 aliphatic rings. The molecule has 0 bridgehead atoms. The Bertz CT molecular complexity index is 1510. The number of fused-ring (bicyclic) bond motifs is 3. The third-order valence-electron chi connectivity index (χ3n) is 6.51. The van der Waals surface area contributed by atoms with Crippen molar-refractivity contribution in [3.8, 4) is 17.2 Å². The predicted octanol–water partition coefficient (Wildman–Crippen LogP) is 7.38. The van der Waals surface area contributed by atoms with Gasteiger partial charge in [-0.1, -0.05) is 54.3 Å². The quantitative estimate of drug-likeness (QED) is 0.0916. The van der Waals surface area contributed by atoms with E-state index in [0.29, 0.717) is 35.2 Å². The van der Waals surface area contributed by atoms with Crippen molar-refractivity contribution in [3.63, 3.8) is 0 Å². The van der Waals surface area contributed by atoms with Crippen molar-refractivity contribution in [1.29, 1.82) is 0 Å². The van der Waals surface area contributed by atoms with Crippen LogP contribution in [0.5, 0.6) is 17.2 Å². The van der Waals surface area contributed by atoms with Gasteiger partial charge in [-0.15, -0.1) is 6.58 Å². The number of carbonyl (C=O) groups excluding carboxylic acids is 1. The standard InChI is InChI=1S/C31H32N2O4S2/c1-6-7-13-30(34)32(33(31(38)39-5)23-11-9-8-10-12-23)20-22-16-21-17-28(36-3)29(37-4)19-26(21)27-18-24(35-2)14-15-25(22)27/h6,8-12,14-19H,1,7,13,20H2,2-5H3. The number of anilines is 1. The Morgan fingerprint density at radius 2 is 1.64 bits per heavy atom. The Labute approximate surface area is 239 Å². The highest BCUT2D eigenvalue weighted by Crippen LogP contribution is 2.39. The second kappa shape index (κ2) is 12.9. The third kappa shape index (κ3) is 5.97. The van der Waals surface area contributed by atoms with Gasteiger partial charge in [0.2, 0.25) is 5.91 Å². The fourth-order valence-corrected chi connectivity index (χ4v) is 5.16. The summed E-state index contributed by atoms with van der Waals surface area (Å²) >= 11 is 7.20. The van der Waals surface area contributed by atoms with E-state index in [4.69, 9.17) is 26.4 Å². The summed E-state index contributed by atoms with van der Waals surface area (Å²) in [5.41, 5.74) is 1.78. The van der Waals surface area contributed by atoms with E-state index in [1.807, 2.05) is 71.9 Å². The third-order valence-corrected chi connectivity index (χ3v) is 7.70. The highest BCUT2D eigenvalue weighted by molar-refractivity contribution is 8.22. The average molecular weight is 561 g/mol. The van der Waals surface area contributed by atoms with Gasteiger partial charge in [0.1, 0.15) is 5.75 Å². The molecule has 0 saturated heterocycles. The van der Waals surface area contributed by atoms with E-state index in [1.54, 1.807) is 32.4 Å². The molecule has 8 heteroatoms. The molecule has 202 valence electrons. The second-order valence-electron chi connectivity index (χ2n) is 8.77. The zero-order valence-corrected chi connectivity index (χ0v) is 24.2. The van der Waals surface area contributed by atoms with E-state index in [1.165, 1.54) is 11.8 Å². The fraction of sp³-hybridized carbons (Fsp3) is 0.226. The first-order valence-corrected chi connectivity index (χ1v) is 14.1. The topological polar surface area (TPSA) is 51.2 Å². The maximum atomic E-state index is 13.7. The number of hydrogen-bond donors (Lipinski definition) is 0. The summed E-state index contributed by atoms with van der Waals surface area (Å²) in [4.78, 5) is 13.7. The van der Waals surface area contributed by atoms with Crippen LogP contribution in [-0.2, 0) is 11.3 Å². The van der Waals surface area contributed by atoms with Crippen molar-refractivity contribution in [2.24, 2.45) is 0 Å². The summed E-state index contributed by atoms with van der Waals surface area (Å²) in [6.45, 7) is 4.11. The van der Waals surface area contributed by atoms with Gasteiger partial charge in [-0.2, -0.15) is 0 Å². The largest absolute Gasteiger partial charge is 0.497 e. The number of benzene rings is 4. The highest BCUT2D eigenvalue weighted by atomic mass is 32.2. The molecule has 0 spiro atoms. The van der Waals surface area contributed by atoms with Gasteiger partial charge in [-0.3, -0.25) is 4.79 Å². The molecular weight excluding hydrogens is 528 g/mol. The molecule has 6 nitrogen and oxygen atoms in total. The molecular formula is C31H32N2O4S2. The first-order chi connectivity index (χ1) is 18.9. The lowest BCUT2D eigenvalue weighted by Gasteiger charge is -2.36. The molecule has 4 aromatic rings. The number of para-hydroxylation sites is 1. The summed E-state index contributed by atoms with van der Waals surface area (Å²) in [5.74, 6) is 1.96. The van der Waals surface area contributed by atoms with Crippen LogP contribution in [0.3, 0.4) is 0 Å². The van der Waals surface area contributed by atoms with Crippen LogP contribution < -0.4 is 19.2 Å². The van der Waals surface area contributed by atoms with E-state index >= 15 is 0 Å². The minimum atomic E-state index is -0.0516. The molecule has 0 fully saturated rings. The summed E-state index contributed by atoms with van der Waals surface area (Å²) in [6, 6.07) is 21.8. The molecule has 0 heterocycles. The number of hydrogen-bond acceptors (Lipinski definition) is 6. The molecule has 0 aliphatic heterocycles. The molecule has 1 amide bonds. The van der Waals surface area contributed by atoms with Gasteiger partial charge in [0, 0.05) is 6.42 Å². The highest BCUT2D eigenvalue weighted by Gasteiger charge is 2.26. The number of nitrogens with zero attached hydrogens (tertiary/aromatic N) is 2. The Hall–Kier alpha value is -3.75. The minimum absolute atomic E-state index is 0.0516. The molecule has 0 N–H and O–H groups in total. The number of hydrazine groups is 1. The Kier molecular flexibility index (Phi) is 9.32. The monoisotopic (exact) mass is 560 g/mol. The van der Waals surface area contributed by atoms with Crippen LogP contribution in [-0.4, -0.2) is 42.8 Å². The lowest BCUT2D eigenvalue weighted by molar-refractivity contribution is -0.131. The number of thiocarbonyl (C=S) groups is 1. The van der Waals surface area contributed by atoms with E-state index < -0.39 is 0 Å². The van der Waals surface area contributed by atoms with Gasteiger partial charge in [0.05, 0.1) is 33.6 Å². The maximum absolute atomic E-state index is 13.7. The van der Waals surface area contributed by atoms with Crippen LogP contribution in [0, 0.1) is 0 Å². The Morgan fingerprint density at radius 3 is 2.28 bits per heavy atom. The molecule has 4 aromatic carbocycles. The Balaban J connectivity index is 1.95. The van der Waals surface area contributed by atoms with Gasteiger partial charge >= 0.3 is 0 Å². The summed E-state index contributed by atoms with van der Waals surface area (Å²) in [6.07, 6.45) is 4.56. The smallest absolute Gasteiger partial charge is 0.242 e. The van der Waals surface area contributed by atoms with E-state index in [2.05, 4.69) is 12.6 Å². The minimum Gasteiger partial charge on any atom is -0.497 e. The first kappa shape index (κ1) is 28.3. The normalized spacial score (nSPS) is 10.8. The van der Waals surface area contributed by atoms with Gasteiger partial charge in [-0.25, -0.2) is 10.0 Å². The molecule has 0 aliphatic carbocycles. The lowest BCUT2D eigenvalue weighted by Crippen LogP contribution is -2.48. The van der Waals surface area contributed by atoms with Gasteiger partial charge in [0.25, 0.3) is 0 Å². The second-order valence-corrected chi connectivity index (χ2v) is 10.2. The number of ether oxygens (including phenoxy) is 3.